The number of fused-ring (bicyclic) bond motifs is 2. The van der Waals surface area contributed by atoms with Gasteiger partial charge in [-0.3, -0.25) is 4.79 Å². The summed E-state index contributed by atoms with van der Waals surface area (Å²) in [6.45, 7) is 11.9. The van der Waals surface area contributed by atoms with Crippen LogP contribution in [0.3, 0.4) is 0 Å². The second-order valence-electron chi connectivity index (χ2n) is 9.42. The highest BCUT2D eigenvalue weighted by molar-refractivity contribution is 5.91. The molecular formula is C29H33N3O2. The van der Waals surface area contributed by atoms with Crippen molar-refractivity contribution in [2.45, 2.75) is 46.6 Å². The van der Waals surface area contributed by atoms with E-state index in [1.54, 1.807) is 6.21 Å². The molecule has 5 heteroatoms. The number of carbonyl (C=O) groups excluding carboxylic acids is 1. The molecule has 3 aromatic carbocycles. The average Bonchev–Trinajstić information content (AvgIpc) is 2.80. The first kappa shape index (κ1) is 23.6. The van der Waals surface area contributed by atoms with Gasteiger partial charge in [-0.25, -0.2) is 5.43 Å². The highest BCUT2D eigenvalue weighted by Crippen LogP contribution is 2.40. The molecule has 34 heavy (non-hydrogen) atoms. The van der Waals surface area contributed by atoms with Gasteiger partial charge in [0, 0.05) is 23.2 Å². The second-order valence-corrected chi connectivity index (χ2v) is 9.42. The van der Waals surface area contributed by atoms with Crippen LogP contribution in [0.2, 0.25) is 0 Å². The normalized spacial score (nSPS) is 14.7. The Labute approximate surface area is 202 Å². The SMILES string of the molecule is CCCN1c2cc(C)c(/C=N/NC(=O)COc3cccc4ccccc34)cc2C(C)=CC1(C)C. The zero-order valence-corrected chi connectivity index (χ0v) is 20.7. The molecule has 4 rings (SSSR count). The van der Waals surface area contributed by atoms with Gasteiger partial charge in [-0.15, -0.1) is 0 Å². The highest BCUT2D eigenvalue weighted by atomic mass is 16.5. The standard InChI is InChI=1S/C29H33N3O2/c1-6-14-32-26-15-20(2)23(16-25(26)21(3)17-29(32,4)5)18-30-31-28(33)19-34-27-13-9-11-22-10-7-8-12-24(22)27/h7-13,15-18H,6,14,19H2,1-5H3,(H,31,33)/b30-18+. The first-order valence-electron chi connectivity index (χ1n) is 11.8. The molecule has 3 aromatic rings. The molecule has 0 atom stereocenters. The van der Waals surface area contributed by atoms with Gasteiger partial charge in [0.2, 0.25) is 0 Å². The molecule has 0 aliphatic carbocycles. The molecule has 0 spiro atoms. The third-order valence-electron chi connectivity index (χ3n) is 6.31. The van der Waals surface area contributed by atoms with Crippen LogP contribution in [-0.2, 0) is 4.79 Å². The monoisotopic (exact) mass is 455 g/mol. The predicted molar refractivity (Wildman–Crippen MR) is 142 cm³/mol. The van der Waals surface area contributed by atoms with Gasteiger partial charge in [0.25, 0.3) is 5.91 Å². The van der Waals surface area contributed by atoms with Crippen LogP contribution >= 0.6 is 0 Å². The number of hydrazone groups is 1. The maximum absolute atomic E-state index is 12.3. The van der Waals surface area contributed by atoms with E-state index in [9.17, 15) is 4.79 Å². The van der Waals surface area contributed by atoms with E-state index in [1.807, 2.05) is 42.5 Å². The van der Waals surface area contributed by atoms with E-state index in [-0.39, 0.29) is 18.1 Å². The average molecular weight is 456 g/mol. The number of nitrogens with zero attached hydrogens (tertiary/aromatic N) is 2. The molecule has 1 heterocycles. The van der Waals surface area contributed by atoms with Crippen molar-refractivity contribution >= 4 is 34.2 Å². The van der Waals surface area contributed by atoms with Gasteiger partial charge in [0.05, 0.1) is 11.8 Å². The molecular weight excluding hydrogens is 422 g/mol. The Morgan fingerprint density at radius 3 is 2.68 bits per heavy atom. The molecule has 1 aliphatic heterocycles. The van der Waals surface area contributed by atoms with Gasteiger partial charge in [0.15, 0.2) is 6.61 Å². The number of carbonyl (C=O) groups is 1. The molecule has 0 aromatic heterocycles. The Kier molecular flexibility index (Phi) is 6.73. The molecule has 176 valence electrons. The van der Waals surface area contributed by atoms with Crippen LogP contribution in [0.5, 0.6) is 5.75 Å². The number of anilines is 1. The lowest BCUT2D eigenvalue weighted by Gasteiger charge is -2.43. The molecule has 1 amide bonds. The third kappa shape index (κ3) is 4.84. The summed E-state index contributed by atoms with van der Waals surface area (Å²) in [7, 11) is 0. The molecule has 0 saturated carbocycles. The van der Waals surface area contributed by atoms with E-state index in [4.69, 9.17) is 4.74 Å². The fraction of sp³-hybridized carbons (Fsp3) is 0.310. The van der Waals surface area contributed by atoms with E-state index < -0.39 is 0 Å². The summed E-state index contributed by atoms with van der Waals surface area (Å²) in [5.74, 6) is 0.385. The first-order valence-corrected chi connectivity index (χ1v) is 11.8. The largest absolute Gasteiger partial charge is 0.483 e. The maximum Gasteiger partial charge on any atom is 0.277 e. The van der Waals surface area contributed by atoms with Gasteiger partial charge in [-0.2, -0.15) is 5.10 Å². The second kappa shape index (κ2) is 9.72. The lowest BCUT2D eigenvalue weighted by atomic mass is 9.87. The van der Waals surface area contributed by atoms with Crippen LogP contribution in [-0.4, -0.2) is 30.8 Å². The summed E-state index contributed by atoms with van der Waals surface area (Å²) in [6, 6.07) is 18.2. The summed E-state index contributed by atoms with van der Waals surface area (Å²) in [4.78, 5) is 14.8. The van der Waals surface area contributed by atoms with Crippen molar-refractivity contribution in [3.63, 3.8) is 0 Å². The number of amides is 1. The minimum atomic E-state index is -0.299. The number of hydrogen-bond acceptors (Lipinski definition) is 4. The van der Waals surface area contributed by atoms with Gasteiger partial charge < -0.3 is 9.64 Å². The van der Waals surface area contributed by atoms with E-state index >= 15 is 0 Å². The summed E-state index contributed by atoms with van der Waals surface area (Å²) in [5, 5.41) is 6.25. The molecule has 0 unspecified atom stereocenters. The third-order valence-corrected chi connectivity index (χ3v) is 6.31. The Hall–Kier alpha value is -3.60. The topological polar surface area (TPSA) is 53.9 Å². The predicted octanol–water partition coefficient (Wildman–Crippen LogP) is 6.09. The Bertz CT molecular complexity index is 1270. The van der Waals surface area contributed by atoms with Crippen LogP contribution in [0.15, 0.2) is 65.8 Å². The molecule has 1 N–H and O–H groups in total. The van der Waals surface area contributed by atoms with E-state index in [2.05, 4.69) is 68.3 Å². The minimum Gasteiger partial charge on any atom is -0.483 e. The van der Waals surface area contributed by atoms with Gasteiger partial charge >= 0.3 is 0 Å². The number of ether oxygens (including phenoxy) is 1. The fourth-order valence-electron chi connectivity index (χ4n) is 4.69. The summed E-state index contributed by atoms with van der Waals surface area (Å²) >= 11 is 0. The minimum absolute atomic E-state index is 0.0206. The number of hydrogen-bond donors (Lipinski definition) is 1. The summed E-state index contributed by atoms with van der Waals surface area (Å²) < 4.78 is 5.75. The number of nitrogens with one attached hydrogen (secondary N) is 1. The van der Waals surface area contributed by atoms with E-state index in [0.29, 0.717) is 5.75 Å². The highest BCUT2D eigenvalue weighted by Gasteiger charge is 2.31. The van der Waals surface area contributed by atoms with E-state index in [1.165, 1.54) is 16.8 Å². The lowest BCUT2D eigenvalue weighted by molar-refractivity contribution is -0.123. The van der Waals surface area contributed by atoms with Crippen molar-refractivity contribution in [2.24, 2.45) is 5.10 Å². The number of rotatable bonds is 7. The molecule has 0 saturated heterocycles. The van der Waals surface area contributed by atoms with Crippen LogP contribution in [0.1, 0.15) is 50.8 Å². The zero-order chi connectivity index (χ0) is 24.3. The van der Waals surface area contributed by atoms with Crippen molar-refractivity contribution in [2.75, 3.05) is 18.1 Å². The summed E-state index contributed by atoms with van der Waals surface area (Å²) in [5.41, 5.74) is 8.41. The molecule has 1 aliphatic rings. The smallest absolute Gasteiger partial charge is 0.277 e. The number of allylic oxidation sites excluding steroid dienone is 1. The van der Waals surface area contributed by atoms with Crippen LogP contribution in [0.25, 0.3) is 16.3 Å². The Balaban J connectivity index is 1.45. The van der Waals surface area contributed by atoms with Gasteiger partial charge in [-0.1, -0.05) is 49.4 Å². The van der Waals surface area contributed by atoms with Crippen molar-refractivity contribution < 1.29 is 9.53 Å². The van der Waals surface area contributed by atoms with Crippen molar-refractivity contribution in [3.8, 4) is 5.75 Å². The molecule has 5 nitrogen and oxygen atoms in total. The Morgan fingerprint density at radius 1 is 1.12 bits per heavy atom. The van der Waals surface area contributed by atoms with Gasteiger partial charge in [-0.05, 0) is 74.4 Å². The molecule has 0 fully saturated rings. The molecule has 0 bridgehead atoms. The van der Waals surface area contributed by atoms with Crippen LogP contribution in [0.4, 0.5) is 5.69 Å². The lowest BCUT2D eigenvalue weighted by Crippen LogP contribution is -2.45. The number of benzene rings is 3. The quantitative estimate of drug-likeness (QED) is 0.346. The van der Waals surface area contributed by atoms with Crippen molar-refractivity contribution in [1.82, 2.24) is 5.43 Å². The van der Waals surface area contributed by atoms with Crippen molar-refractivity contribution in [3.05, 3.63) is 77.4 Å². The van der Waals surface area contributed by atoms with Crippen LogP contribution in [0, 0.1) is 6.92 Å². The number of aryl methyl sites for hydroxylation is 1. The zero-order valence-electron chi connectivity index (χ0n) is 20.7. The first-order chi connectivity index (χ1) is 16.3. The van der Waals surface area contributed by atoms with Gasteiger partial charge in [0.1, 0.15) is 5.75 Å². The Morgan fingerprint density at radius 2 is 1.88 bits per heavy atom. The van der Waals surface area contributed by atoms with Crippen LogP contribution < -0.4 is 15.1 Å². The molecule has 0 radical (unpaired) electrons. The fourth-order valence-corrected chi connectivity index (χ4v) is 4.69. The maximum atomic E-state index is 12.3. The van der Waals surface area contributed by atoms with E-state index in [0.717, 1.165) is 34.9 Å². The van der Waals surface area contributed by atoms with Crippen molar-refractivity contribution in [1.29, 1.82) is 0 Å². The summed E-state index contributed by atoms with van der Waals surface area (Å²) in [6.07, 6.45) is 5.13.